The van der Waals surface area contributed by atoms with Gasteiger partial charge in [-0.2, -0.15) is 0 Å². The van der Waals surface area contributed by atoms with Crippen LogP contribution >= 0.6 is 11.8 Å². The van der Waals surface area contributed by atoms with Crippen LogP contribution in [0.3, 0.4) is 0 Å². The van der Waals surface area contributed by atoms with E-state index in [1.807, 2.05) is 54.6 Å². The molecule has 4 nitrogen and oxygen atoms in total. The Labute approximate surface area is 160 Å². The first-order chi connectivity index (χ1) is 12.7. The van der Waals surface area contributed by atoms with E-state index in [0.717, 1.165) is 40.7 Å². The molecule has 0 bridgehead atoms. The van der Waals surface area contributed by atoms with E-state index in [0.29, 0.717) is 6.54 Å². The van der Waals surface area contributed by atoms with Gasteiger partial charge >= 0.3 is 0 Å². The van der Waals surface area contributed by atoms with Gasteiger partial charge in [-0.25, -0.2) is 0 Å². The molecule has 2 aromatic rings. The van der Waals surface area contributed by atoms with Crippen molar-refractivity contribution in [2.24, 2.45) is 0 Å². The Bertz CT molecular complexity index is 716. The third-order valence-corrected chi connectivity index (χ3v) is 4.97. The van der Waals surface area contributed by atoms with Gasteiger partial charge in [0.1, 0.15) is 5.75 Å². The average Bonchev–Trinajstić information content (AvgIpc) is 2.67. The Hall–Kier alpha value is -2.24. The van der Waals surface area contributed by atoms with Crippen LogP contribution in [0, 0.1) is 0 Å². The van der Waals surface area contributed by atoms with Crippen molar-refractivity contribution >= 4 is 23.4 Å². The zero-order valence-electron chi connectivity index (χ0n) is 15.4. The number of carbonyl (C=O) groups excluding carboxylic acids is 1. The van der Waals surface area contributed by atoms with Crippen LogP contribution in [0.2, 0.25) is 0 Å². The summed E-state index contributed by atoms with van der Waals surface area (Å²) in [4.78, 5) is 15.7. The molecular formula is C21H26N2O2S. The second kappa shape index (κ2) is 10.7. The number of ether oxygens (including phenoxy) is 1. The summed E-state index contributed by atoms with van der Waals surface area (Å²) >= 11 is 1.66. The van der Waals surface area contributed by atoms with Crippen LogP contribution in [0.1, 0.15) is 12.5 Å². The highest BCUT2D eigenvalue weighted by molar-refractivity contribution is 7.99. The van der Waals surface area contributed by atoms with E-state index >= 15 is 0 Å². The molecule has 1 amide bonds. The summed E-state index contributed by atoms with van der Waals surface area (Å²) in [5.74, 6) is 1.64. The molecule has 0 spiro atoms. The predicted molar refractivity (Wildman–Crippen MR) is 110 cm³/mol. The molecule has 0 aliphatic heterocycles. The quantitative estimate of drug-likeness (QED) is 0.496. The predicted octanol–water partition coefficient (Wildman–Crippen LogP) is 4.43. The van der Waals surface area contributed by atoms with Gasteiger partial charge in [-0.05, 0) is 36.4 Å². The number of thioether (sulfide) groups is 1. The van der Waals surface area contributed by atoms with Gasteiger partial charge in [-0.15, -0.1) is 18.3 Å². The number of para-hydroxylation sites is 1. The normalized spacial score (nSPS) is 10.6. The molecule has 0 aromatic heterocycles. The molecule has 0 aliphatic rings. The SMILES string of the molecule is C=CCSc1ccccc1NC(=O)CN(CC)Cc1ccc(OC)cc1. The molecule has 1 N–H and O–H groups in total. The van der Waals surface area contributed by atoms with E-state index in [4.69, 9.17) is 4.74 Å². The summed E-state index contributed by atoms with van der Waals surface area (Å²) in [6.45, 7) is 7.68. The lowest BCUT2D eigenvalue weighted by Crippen LogP contribution is -2.32. The molecule has 0 aliphatic carbocycles. The number of methoxy groups -OCH3 is 1. The molecule has 138 valence electrons. The van der Waals surface area contributed by atoms with Crippen LogP contribution in [-0.2, 0) is 11.3 Å². The van der Waals surface area contributed by atoms with Gasteiger partial charge in [-0.3, -0.25) is 9.69 Å². The van der Waals surface area contributed by atoms with Crippen LogP contribution in [0.25, 0.3) is 0 Å². The first-order valence-corrected chi connectivity index (χ1v) is 9.62. The molecule has 0 atom stereocenters. The molecule has 2 rings (SSSR count). The van der Waals surface area contributed by atoms with Crippen LogP contribution < -0.4 is 10.1 Å². The first kappa shape index (κ1) is 20.1. The van der Waals surface area contributed by atoms with Crippen LogP contribution in [-0.4, -0.2) is 36.8 Å². The van der Waals surface area contributed by atoms with Crippen molar-refractivity contribution in [2.75, 3.05) is 31.3 Å². The van der Waals surface area contributed by atoms with Crippen molar-refractivity contribution in [3.05, 3.63) is 66.7 Å². The highest BCUT2D eigenvalue weighted by atomic mass is 32.2. The Morgan fingerprint density at radius 1 is 1.23 bits per heavy atom. The largest absolute Gasteiger partial charge is 0.497 e. The molecule has 0 unspecified atom stereocenters. The monoisotopic (exact) mass is 370 g/mol. The molecule has 0 saturated carbocycles. The van der Waals surface area contributed by atoms with Gasteiger partial charge in [0, 0.05) is 17.2 Å². The van der Waals surface area contributed by atoms with Crippen molar-refractivity contribution in [3.8, 4) is 5.75 Å². The van der Waals surface area contributed by atoms with E-state index < -0.39 is 0 Å². The van der Waals surface area contributed by atoms with Gasteiger partial charge < -0.3 is 10.1 Å². The minimum atomic E-state index is -0.00739. The fourth-order valence-electron chi connectivity index (χ4n) is 2.51. The van der Waals surface area contributed by atoms with E-state index in [1.54, 1.807) is 18.9 Å². The van der Waals surface area contributed by atoms with Gasteiger partial charge in [0.15, 0.2) is 0 Å². The molecule has 0 fully saturated rings. The number of likely N-dealkylation sites (N-methyl/N-ethyl adjacent to an activating group) is 1. The van der Waals surface area contributed by atoms with Crippen molar-refractivity contribution in [1.29, 1.82) is 0 Å². The number of nitrogens with zero attached hydrogens (tertiary/aromatic N) is 1. The zero-order chi connectivity index (χ0) is 18.8. The molecule has 2 aromatic carbocycles. The smallest absolute Gasteiger partial charge is 0.238 e. The van der Waals surface area contributed by atoms with Crippen LogP contribution in [0.4, 0.5) is 5.69 Å². The maximum absolute atomic E-state index is 12.5. The summed E-state index contributed by atoms with van der Waals surface area (Å²) in [6, 6.07) is 15.8. The summed E-state index contributed by atoms with van der Waals surface area (Å²) < 4.78 is 5.18. The van der Waals surface area contributed by atoms with E-state index in [-0.39, 0.29) is 5.91 Å². The van der Waals surface area contributed by atoms with E-state index in [1.165, 1.54) is 0 Å². The summed E-state index contributed by atoms with van der Waals surface area (Å²) in [6.07, 6.45) is 1.86. The number of nitrogens with one attached hydrogen (secondary N) is 1. The molecule has 0 heterocycles. The Morgan fingerprint density at radius 3 is 2.62 bits per heavy atom. The topological polar surface area (TPSA) is 41.6 Å². The highest BCUT2D eigenvalue weighted by Gasteiger charge is 2.12. The minimum Gasteiger partial charge on any atom is -0.497 e. The Balaban J connectivity index is 1.95. The van der Waals surface area contributed by atoms with Gasteiger partial charge in [0.05, 0.1) is 19.3 Å². The number of benzene rings is 2. The number of hydrogen-bond acceptors (Lipinski definition) is 4. The van der Waals surface area contributed by atoms with Gasteiger partial charge in [-0.1, -0.05) is 37.3 Å². The minimum absolute atomic E-state index is 0.00739. The fraction of sp³-hybridized carbons (Fsp3) is 0.286. The second-order valence-corrected chi connectivity index (χ2v) is 6.86. The Kier molecular flexibility index (Phi) is 8.25. The zero-order valence-corrected chi connectivity index (χ0v) is 16.2. The molecule has 0 radical (unpaired) electrons. The number of anilines is 1. The standard InChI is InChI=1S/C21H26N2O2S/c1-4-14-26-20-9-7-6-8-19(20)22-21(24)16-23(5-2)15-17-10-12-18(25-3)13-11-17/h4,6-13H,1,5,14-16H2,2-3H3,(H,22,24). The van der Waals surface area contributed by atoms with Crippen molar-refractivity contribution in [3.63, 3.8) is 0 Å². The van der Waals surface area contributed by atoms with Crippen molar-refractivity contribution in [1.82, 2.24) is 4.90 Å². The Morgan fingerprint density at radius 2 is 1.96 bits per heavy atom. The molecule has 26 heavy (non-hydrogen) atoms. The van der Waals surface area contributed by atoms with Crippen molar-refractivity contribution < 1.29 is 9.53 Å². The third kappa shape index (κ3) is 6.24. The van der Waals surface area contributed by atoms with Gasteiger partial charge in [0.25, 0.3) is 0 Å². The van der Waals surface area contributed by atoms with Crippen LogP contribution in [0.5, 0.6) is 5.75 Å². The lowest BCUT2D eigenvalue weighted by Gasteiger charge is -2.20. The summed E-state index contributed by atoms with van der Waals surface area (Å²) in [5.41, 5.74) is 2.01. The number of rotatable bonds is 10. The van der Waals surface area contributed by atoms with Gasteiger partial charge in [0.2, 0.25) is 5.91 Å². The third-order valence-electron chi connectivity index (χ3n) is 3.90. The van der Waals surface area contributed by atoms with E-state index in [9.17, 15) is 4.79 Å². The highest BCUT2D eigenvalue weighted by Crippen LogP contribution is 2.26. The lowest BCUT2D eigenvalue weighted by atomic mass is 10.2. The van der Waals surface area contributed by atoms with Crippen molar-refractivity contribution in [2.45, 2.75) is 18.4 Å². The number of hydrogen-bond donors (Lipinski definition) is 1. The van der Waals surface area contributed by atoms with E-state index in [2.05, 4.69) is 23.7 Å². The van der Waals surface area contributed by atoms with Crippen LogP contribution in [0.15, 0.2) is 66.1 Å². The molecular weight excluding hydrogens is 344 g/mol. The maximum atomic E-state index is 12.5. The maximum Gasteiger partial charge on any atom is 0.238 e. The first-order valence-electron chi connectivity index (χ1n) is 8.64. The summed E-state index contributed by atoms with van der Waals surface area (Å²) in [7, 11) is 1.66. The average molecular weight is 371 g/mol. The summed E-state index contributed by atoms with van der Waals surface area (Å²) in [5, 5.41) is 3.03. The lowest BCUT2D eigenvalue weighted by molar-refractivity contribution is -0.117. The molecule has 5 heteroatoms. The molecule has 0 saturated heterocycles. The number of amides is 1. The second-order valence-electron chi connectivity index (χ2n) is 5.80. The number of carbonyl (C=O) groups is 1. The fourth-order valence-corrected chi connectivity index (χ4v) is 3.25.